The van der Waals surface area contributed by atoms with Crippen LogP contribution in [0.5, 0.6) is 0 Å². The molecule has 0 unspecified atom stereocenters. The highest BCUT2D eigenvalue weighted by atomic mass is 16.2. The first-order valence-electron chi connectivity index (χ1n) is 10.3. The number of urea groups is 1. The van der Waals surface area contributed by atoms with Crippen LogP contribution in [0, 0.1) is 5.92 Å². The molecule has 4 rings (SSSR count). The van der Waals surface area contributed by atoms with E-state index in [1.807, 2.05) is 29.2 Å². The van der Waals surface area contributed by atoms with Gasteiger partial charge in [-0.15, -0.1) is 0 Å². The fourth-order valence-corrected chi connectivity index (χ4v) is 3.47. The van der Waals surface area contributed by atoms with E-state index >= 15 is 0 Å². The molecule has 2 aliphatic rings. The van der Waals surface area contributed by atoms with Crippen LogP contribution in [0.3, 0.4) is 0 Å². The third-order valence-electron chi connectivity index (χ3n) is 5.46. The predicted molar refractivity (Wildman–Crippen MR) is 116 cm³/mol. The number of hydrogen-bond donors (Lipinski definition) is 3. The lowest BCUT2D eigenvalue weighted by atomic mass is 10.2. The maximum Gasteiger partial charge on any atom is 0.324 e. The minimum Gasteiger partial charge on any atom is -0.369 e. The second kappa shape index (κ2) is 8.56. The quantitative estimate of drug-likeness (QED) is 0.647. The molecular weight excluding hydrogens is 382 g/mol. The summed E-state index contributed by atoms with van der Waals surface area (Å²) in [6.07, 6.45) is 5.91. The number of likely N-dealkylation sites (tertiary alicyclic amines) is 1. The van der Waals surface area contributed by atoms with Crippen molar-refractivity contribution in [1.82, 2.24) is 14.9 Å². The molecule has 1 saturated carbocycles. The van der Waals surface area contributed by atoms with Gasteiger partial charge in [0.2, 0.25) is 5.95 Å². The zero-order valence-corrected chi connectivity index (χ0v) is 17.1. The number of aromatic nitrogens is 2. The number of hydrogen-bond acceptors (Lipinski definition) is 6. The standard InChI is InChI=1S/C21H27N7O2/c1-27(21(30)28-9-2-3-10-28)16-6-4-5-15(11-16)25-20-24-13-17(18(22)29)19(26-20)23-12-14-7-8-14/h4-6,11,13-14H,2-3,7-10,12H2,1H3,(H2,22,29)(H2,23,24,25,26). The van der Waals surface area contributed by atoms with Crippen LogP contribution >= 0.6 is 0 Å². The maximum atomic E-state index is 12.6. The Morgan fingerprint density at radius 2 is 2.03 bits per heavy atom. The van der Waals surface area contributed by atoms with Gasteiger partial charge in [0.25, 0.3) is 5.91 Å². The van der Waals surface area contributed by atoms with Crippen LogP contribution < -0.4 is 21.3 Å². The third-order valence-corrected chi connectivity index (χ3v) is 5.46. The van der Waals surface area contributed by atoms with Crippen LogP contribution in [0.1, 0.15) is 36.0 Å². The first kappa shape index (κ1) is 19.9. The molecule has 0 atom stereocenters. The average Bonchev–Trinajstić information content (AvgIpc) is 3.42. The van der Waals surface area contributed by atoms with E-state index in [-0.39, 0.29) is 11.6 Å². The van der Waals surface area contributed by atoms with E-state index in [1.54, 1.807) is 11.9 Å². The van der Waals surface area contributed by atoms with Gasteiger partial charge in [-0.05, 0) is 49.8 Å². The van der Waals surface area contributed by atoms with Crippen molar-refractivity contribution >= 4 is 35.1 Å². The number of nitrogens with zero attached hydrogens (tertiary/aromatic N) is 4. The van der Waals surface area contributed by atoms with E-state index in [0.717, 1.165) is 43.9 Å². The van der Waals surface area contributed by atoms with Crippen LogP contribution in [-0.2, 0) is 0 Å². The Labute approximate surface area is 175 Å². The highest BCUT2D eigenvalue weighted by Crippen LogP contribution is 2.29. The molecular formula is C21H27N7O2. The lowest BCUT2D eigenvalue weighted by Gasteiger charge is -2.24. The number of carbonyl (C=O) groups is 2. The smallest absolute Gasteiger partial charge is 0.324 e. The van der Waals surface area contributed by atoms with Gasteiger partial charge in [0.1, 0.15) is 5.82 Å². The van der Waals surface area contributed by atoms with Crippen molar-refractivity contribution in [2.24, 2.45) is 11.7 Å². The van der Waals surface area contributed by atoms with Crippen molar-refractivity contribution < 1.29 is 9.59 Å². The molecule has 158 valence electrons. The highest BCUT2D eigenvalue weighted by Gasteiger charge is 2.23. The van der Waals surface area contributed by atoms with Gasteiger partial charge in [-0.2, -0.15) is 4.98 Å². The topological polar surface area (TPSA) is 116 Å². The molecule has 30 heavy (non-hydrogen) atoms. The molecule has 1 saturated heterocycles. The molecule has 1 aliphatic heterocycles. The first-order chi connectivity index (χ1) is 14.5. The van der Waals surface area contributed by atoms with Gasteiger partial charge < -0.3 is 21.3 Å². The zero-order valence-electron chi connectivity index (χ0n) is 17.1. The molecule has 4 N–H and O–H groups in total. The van der Waals surface area contributed by atoms with Crippen molar-refractivity contribution in [1.29, 1.82) is 0 Å². The molecule has 2 fully saturated rings. The number of carbonyl (C=O) groups excluding carboxylic acids is 2. The van der Waals surface area contributed by atoms with Gasteiger partial charge in [0, 0.05) is 44.3 Å². The summed E-state index contributed by atoms with van der Waals surface area (Å²) in [5, 5.41) is 6.36. The number of anilines is 4. The first-order valence-corrected chi connectivity index (χ1v) is 10.3. The monoisotopic (exact) mass is 409 g/mol. The van der Waals surface area contributed by atoms with Crippen LogP contribution in [-0.4, -0.2) is 53.5 Å². The Balaban J connectivity index is 1.49. The predicted octanol–water partition coefficient (Wildman–Crippen LogP) is 2.79. The fourth-order valence-electron chi connectivity index (χ4n) is 3.47. The number of nitrogens with one attached hydrogen (secondary N) is 2. The number of primary amides is 1. The van der Waals surface area contributed by atoms with Crippen LogP contribution in [0.2, 0.25) is 0 Å². The molecule has 1 aromatic carbocycles. The third kappa shape index (κ3) is 4.61. The summed E-state index contributed by atoms with van der Waals surface area (Å²) in [5.74, 6) is 0.842. The number of amides is 3. The van der Waals surface area contributed by atoms with Gasteiger partial charge in [0.05, 0.1) is 5.56 Å². The van der Waals surface area contributed by atoms with Crippen molar-refractivity contribution in [3.8, 4) is 0 Å². The maximum absolute atomic E-state index is 12.6. The Bertz CT molecular complexity index is 939. The Morgan fingerprint density at radius 1 is 1.27 bits per heavy atom. The molecule has 1 aliphatic carbocycles. The Kier molecular flexibility index (Phi) is 5.69. The largest absolute Gasteiger partial charge is 0.369 e. The summed E-state index contributed by atoms with van der Waals surface area (Å²) in [6.45, 7) is 2.37. The summed E-state index contributed by atoms with van der Waals surface area (Å²) in [5.41, 5.74) is 7.24. The minimum atomic E-state index is -0.566. The van der Waals surface area contributed by atoms with Crippen LogP contribution in [0.25, 0.3) is 0 Å². The summed E-state index contributed by atoms with van der Waals surface area (Å²) in [7, 11) is 1.78. The van der Waals surface area contributed by atoms with E-state index in [2.05, 4.69) is 20.6 Å². The zero-order chi connectivity index (χ0) is 21.1. The number of nitrogens with two attached hydrogens (primary N) is 1. The van der Waals surface area contributed by atoms with E-state index in [9.17, 15) is 9.59 Å². The molecule has 2 heterocycles. The second-order valence-electron chi connectivity index (χ2n) is 7.86. The molecule has 9 heteroatoms. The van der Waals surface area contributed by atoms with Gasteiger partial charge in [-0.25, -0.2) is 9.78 Å². The van der Waals surface area contributed by atoms with E-state index in [0.29, 0.717) is 17.7 Å². The molecule has 1 aromatic heterocycles. The van der Waals surface area contributed by atoms with Gasteiger partial charge in [-0.3, -0.25) is 9.69 Å². The fraction of sp³-hybridized carbons (Fsp3) is 0.429. The average molecular weight is 409 g/mol. The van der Waals surface area contributed by atoms with Crippen molar-refractivity contribution in [3.63, 3.8) is 0 Å². The van der Waals surface area contributed by atoms with Gasteiger partial charge >= 0.3 is 6.03 Å². The number of rotatable bonds is 7. The molecule has 0 spiro atoms. The van der Waals surface area contributed by atoms with Gasteiger partial charge in [0.15, 0.2) is 0 Å². The Morgan fingerprint density at radius 3 is 2.73 bits per heavy atom. The normalized spacial score (nSPS) is 15.7. The molecule has 2 aromatic rings. The van der Waals surface area contributed by atoms with Crippen molar-refractivity contribution in [2.45, 2.75) is 25.7 Å². The van der Waals surface area contributed by atoms with Crippen molar-refractivity contribution in [3.05, 3.63) is 36.0 Å². The Hall–Kier alpha value is -3.36. The van der Waals surface area contributed by atoms with Crippen molar-refractivity contribution in [2.75, 3.05) is 42.2 Å². The van der Waals surface area contributed by atoms with Gasteiger partial charge in [-0.1, -0.05) is 6.07 Å². The number of benzene rings is 1. The summed E-state index contributed by atoms with van der Waals surface area (Å²) in [6, 6.07) is 7.50. The van der Waals surface area contributed by atoms with E-state index in [4.69, 9.17) is 5.73 Å². The summed E-state index contributed by atoms with van der Waals surface area (Å²) >= 11 is 0. The van der Waals surface area contributed by atoms with E-state index in [1.165, 1.54) is 19.0 Å². The molecule has 0 bridgehead atoms. The molecule has 9 nitrogen and oxygen atoms in total. The summed E-state index contributed by atoms with van der Waals surface area (Å²) < 4.78 is 0. The van der Waals surface area contributed by atoms with Crippen LogP contribution in [0.4, 0.5) is 27.9 Å². The van der Waals surface area contributed by atoms with E-state index < -0.39 is 5.91 Å². The summed E-state index contributed by atoms with van der Waals surface area (Å²) in [4.78, 5) is 36.5. The van der Waals surface area contributed by atoms with Crippen LogP contribution in [0.15, 0.2) is 30.5 Å². The highest BCUT2D eigenvalue weighted by molar-refractivity contribution is 5.97. The molecule has 3 amide bonds. The lowest BCUT2D eigenvalue weighted by molar-refractivity contribution is 0.100. The SMILES string of the molecule is CN(C(=O)N1CCCC1)c1cccc(Nc2ncc(C(N)=O)c(NCC3CC3)n2)c1. The minimum absolute atomic E-state index is 0.00160. The molecule has 0 radical (unpaired) electrons. The second-order valence-corrected chi connectivity index (χ2v) is 7.86. The lowest BCUT2D eigenvalue weighted by Crippen LogP contribution is -2.39.